The van der Waals surface area contributed by atoms with E-state index in [2.05, 4.69) is 323 Å². The maximum Gasteiger partial charge on any atom is 0.0714 e. The lowest BCUT2D eigenvalue weighted by molar-refractivity contribution is 0.586. The Bertz CT molecular complexity index is 4260. The zero-order valence-corrected chi connectivity index (χ0v) is 49.1. The Morgan fingerprint density at radius 3 is 1.27 bits per heavy atom. The molecule has 1 unspecified atom stereocenters. The van der Waals surface area contributed by atoms with Crippen molar-refractivity contribution in [3.8, 4) is 66.8 Å². The van der Waals surface area contributed by atoms with Crippen LogP contribution in [-0.2, 0) is 27.1 Å². The first kappa shape index (κ1) is 51.4. The van der Waals surface area contributed by atoms with Gasteiger partial charge in [0.2, 0.25) is 0 Å². The summed E-state index contributed by atoms with van der Waals surface area (Å²) >= 11 is 0. The van der Waals surface area contributed by atoms with Gasteiger partial charge in [-0.2, -0.15) is 0 Å². The van der Waals surface area contributed by atoms with E-state index in [9.17, 15) is 0 Å². The van der Waals surface area contributed by atoms with Crippen LogP contribution in [0.2, 0.25) is 0 Å². The molecule has 1 nitrogen and oxygen atoms in total. The van der Waals surface area contributed by atoms with Crippen LogP contribution >= 0.6 is 0 Å². The van der Waals surface area contributed by atoms with Crippen LogP contribution in [0.4, 0.5) is 17.1 Å². The van der Waals surface area contributed by atoms with Gasteiger partial charge in [0.05, 0.1) is 11.1 Å². The molecule has 0 saturated carbocycles. The molecule has 1 atom stereocenters. The molecule has 11 aromatic carbocycles. The van der Waals surface area contributed by atoms with E-state index in [4.69, 9.17) is 0 Å². The summed E-state index contributed by atoms with van der Waals surface area (Å²) in [6.07, 6.45) is 0. The summed E-state index contributed by atoms with van der Waals surface area (Å²) in [5, 5.41) is 0. The summed E-state index contributed by atoms with van der Waals surface area (Å²) in [5.41, 5.74) is 30.1. The second-order valence-corrected chi connectivity index (χ2v) is 26.5. The van der Waals surface area contributed by atoms with Crippen molar-refractivity contribution in [1.82, 2.24) is 0 Å². The quantitative estimate of drug-likeness (QED) is 0.147. The van der Waals surface area contributed by atoms with Gasteiger partial charge >= 0.3 is 0 Å². The molecule has 400 valence electrons. The van der Waals surface area contributed by atoms with Crippen molar-refractivity contribution in [2.24, 2.45) is 0 Å². The van der Waals surface area contributed by atoms with Gasteiger partial charge in [-0.3, -0.25) is 0 Å². The first-order valence-corrected chi connectivity index (χ1v) is 29.5. The summed E-state index contributed by atoms with van der Waals surface area (Å²) in [7, 11) is 0. The van der Waals surface area contributed by atoms with Crippen molar-refractivity contribution in [2.45, 2.75) is 96.3 Å². The van der Waals surface area contributed by atoms with Gasteiger partial charge in [-0.05, 0) is 182 Å². The van der Waals surface area contributed by atoms with E-state index in [1.807, 2.05) is 0 Å². The molecule has 1 heteroatoms. The maximum absolute atomic E-state index is 2.65. The number of benzene rings is 11. The fraction of sp³-hybridized carbons (Fsp3) is 0.185. The van der Waals surface area contributed by atoms with Crippen LogP contribution < -0.4 is 4.90 Å². The van der Waals surface area contributed by atoms with E-state index >= 15 is 0 Å². The van der Waals surface area contributed by atoms with Gasteiger partial charge in [0, 0.05) is 27.8 Å². The van der Waals surface area contributed by atoms with Gasteiger partial charge in [0.15, 0.2) is 0 Å². The molecule has 0 amide bonds. The Labute approximate surface area is 486 Å². The Balaban J connectivity index is 1.10. The van der Waals surface area contributed by atoms with Crippen LogP contribution in [-0.4, -0.2) is 0 Å². The molecule has 3 aliphatic carbocycles. The Hall–Kier alpha value is -8.78. The van der Waals surface area contributed by atoms with Crippen LogP contribution in [0, 0.1) is 0 Å². The molecule has 0 spiro atoms. The molecular weight excluding hydrogens is 987 g/mol. The zero-order valence-electron chi connectivity index (χ0n) is 49.1. The fourth-order valence-corrected chi connectivity index (χ4v) is 14.3. The highest BCUT2D eigenvalue weighted by Crippen LogP contribution is 2.63. The molecule has 14 rings (SSSR count). The molecule has 0 heterocycles. The predicted octanol–water partition coefficient (Wildman–Crippen LogP) is 21.7. The first-order valence-electron chi connectivity index (χ1n) is 29.5. The third-order valence-corrected chi connectivity index (χ3v) is 18.8. The first-order chi connectivity index (χ1) is 39.4. The van der Waals surface area contributed by atoms with Gasteiger partial charge in [-0.25, -0.2) is 0 Å². The van der Waals surface area contributed by atoms with Crippen molar-refractivity contribution >= 4 is 17.1 Å². The smallest absolute Gasteiger partial charge is 0.0714 e. The number of hydrogen-bond donors (Lipinski definition) is 0. The van der Waals surface area contributed by atoms with Gasteiger partial charge in [0.25, 0.3) is 0 Å². The highest BCUT2D eigenvalue weighted by atomic mass is 15.1. The topological polar surface area (TPSA) is 3.24 Å². The number of hydrogen-bond acceptors (Lipinski definition) is 1. The molecule has 0 aliphatic heterocycles. The van der Waals surface area contributed by atoms with E-state index in [0.717, 1.165) is 11.4 Å². The minimum absolute atomic E-state index is 0.121. The minimum Gasteiger partial charge on any atom is -0.310 e. The summed E-state index contributed by atoms with van der Waals surface area (Å²) in [6, 6.07) is 95.3. The van der Waals surface area contributed by atoms with Gasteiger partial charge in [0.1, 0.15) is 0 Å². The minimum atomic E-state index is -0.747. The van der Waals surface area contributed by atoms with Crippen LogP contribution in [0.15, 0.2) is 249 Å². The number of nitrogens with zero attached hydrogens (tertiary/aromatic N) is 1. The maximum atomic E-state index is 2.65. The molecule has 0 aromatic heterocycles. The van der Waals surface area contributed by atoms with Gasteiger partial charge in [-0.1, -0.05) is 263 Å². The molecule has 3 aliphatic rings. The van der Waals surface area contributed by atoms with Crippen molar-refractivity contribution < 1.29 is 0 Å². The summed E-state index contributed by atoms with van der Waals surface area (Å²) < 4.78 is 0. The Morgan fingerprint density at radius 1 is 0.280 bits per heavy atom. The van der Waals surface area contributed by atoms with Crippen LogP contribution in [0.1, 0.15) is 125 Å². The van der Waals surface area contributed by atoms with E-state index in [0.29, 0.717) is 0 Å². The summed E-state index contributed by atoms with van der Waals surface area (Å²) in [6.45, 7) is 23.9. The third-order valence-electron chi connectivity index (χ3n) is 18.8. The third kappa shape index (κ3) is 7.95. The molecule has 0 fully saturated rings. The highest BCUT2D eigenvalue weighted by Gasteiger charge is 2.50. The summed E-state index contributed by atoms with van der Waals surface area (Å²) in [5.74, 6) is 0. The number of rotatable bonds is 8. The fourth-order valence-electron chi connectivity index (χ4n) is 14.3. The lowest BCUT2D eigenvalue weighted by atomic mass is 9.65. The standard InChI is InChI=1S/C81H71N/c1-77(2,3)59-36-40-68-73(47-59)81(58-31-21-14-22-32-58,61-44-56(53-27-17-12-18-28-53)43-57(45-61)54-29-19-13-20-30-54)74-48-60(78(4,5)6)49-75(76(68)74)82(62-37-41-66-64-33-23-24-34-69(64)79(7,8)71(66)50-62)63-38-42-67-65-39-35-55(52-25-15-11-16-26-52)46-70(65)80(9,10)72(67)51-63/h11-51H,1-10H3. The monoisotopic (exact) mass is 1060 g/mol. The second-order valence-electron chi connectivity index (χ2n) is 26.5. The molecular formula is C81H71N. The van der Waals surface area contributed by atoms with Crippen LogP contribution in [0.3, 0.4) is 0 Å². The van der Waals surface area contributed by atoms with Gasteiger partial charge < -0.3 is 4.90 Å². The lowest BCUT2D eigenvalue weighted by Gasteiger charge is -2.37. The Kier molecular flexibility index (Phi) is 11.7. The lowest BCUT2D eigenvalue weighted by Crippen LogP contribution is -2.30. The number of anilines is 3. The van der Waals surface area contributed by atoms with Gasteiger partial charge in [-0.15, -0.1) is 0 Å². The molecule has 11 aromatic rings. The van der Waals surface area contributed by atoms with Crippen molar-refractivity contribution in [1.29, 1.82) is 0 Å². The molecule has 82 heavy (non-hydrogen) atoms. The van der Waals surface area contributed by atoms with E-state index in [1.54, 1.807) is 0 Å². The largest absolute Gasteiger partial charge is 0.310 e. The summed E-state index contributed by atoms with van der Waals surface area (Å²) in [4.78, 5) is 2.65. The zero-order chi connectivity index (χ0) is 56.5. The van der Waals surface area contributed by atoms with E-state index in [-0.39, 0.29) is 21.7 Å². The van der Waals surface area contributed by atoms with Crippen LogP contribution in [0.25, 0.3) is 66.8 Å². The van der Waals surface area contributed by atoms with E-state index in [1.165, 1.54) is 128 Å². The predicted molar refractivity (Wildman–Crippen MR) is 347 cm³/mol. The van der Waals surface area contributed by atoms with E-state index < -0.39 is 5.41 Å². The van der Waals surface area contributed by atoms with Crippen molar-refractivity contribution in [2.75, 3.05) is 4.90 Å². The normalized spacial score (nSPS) is 15.9. The second kappa shape index (κ2) is 18.6. The molecule has 0 radical (unpaired) electrons. The average molecular weight is 1060 g/mol. The number of fused-ring (bicyclic) bond motifs is 9. The molecule has 0 N–H and O–H groups in total. The average Bonchev–Trinajstić information content (AvgIpc) is 1.92. The van der Waals surface area contributed by atoms with Crippen molar-refractivity contribution in [3.63, 3.8) is 0 Å². The molecule has 0 bridgehead atoms. The van der Waals surface area contributed by atoms with Crippen molar-refractivity contribution in [3.05, 3.63) is 304 Å². The molecule has 0 saturated heterocycles. The SMILES string of the molecule is CC(C)(C)c1ccc2c(c1)C(c1ccccc1)(c1cc(-c3ccccc3)cc(-c3ccccc3)c1)c1cc(C(C)(C)C)cc(N(c3ccc4c(c3)C(C)(C)c3ccccc3-4)c3ccc4c(c3)C(C)(C)c3cc(-c5ccccc5)ccc3-4)c1-2. The van der Waals surface area contributed by atoms with Crippen LogP contribution in [0.5, 0.6) is 0 Å². The Morgan fingerprint density at radius 2 is 0.720 bits per heavy atom. The highest BCUT2D eigenvalue weighted by molar-refractivity contribution is 6.00.